The molecule has 0 aliphatic carbocycles. The number of hydrogen-bond acceptors (Lipinski definition) is 5. The van der Waals surface area contributed by atoms with Gasteiger partial charge in [-0.05, 0) is 39.0 Å². The Morgan fingerprint density at radius 2 is 2.00 bits per heavy atom. The van der Waals surface area contributed by atoms with Crippen molar-refractivity contribution in [3.05, 3.63) is 29.3 Å². The largest absolute Gasteiger partial charge is 0.465 e. The van der Waals surface area contributed by atoms with E-state index in [4.69, 9.17) is 10.5 Å². The molecule has 1 aromatic carbocycles. The molecule has 0 radical (unpaired) electrons. The fraction of sp³-hybridized carbons (Fsp3) is 0.375. The highest BCUT2D eigenvalue weighted by Gasteiger charge is 2.15. The van der Waals surface area contributed by atoms with Gasteiger partial charge in [-0.3, -0.25) is 0 Å². The maximum absolute atomic E-state index is 11.4. The van der Waals surface area contributed by atoms with E-state index in [0.29, 0.717) is 16.8 Å². The molecule has 1 rings (SSSR count). The van der Waals surface area contributed by atoms with Gasteiger partial charge in [0.1, 0.15) is 5.60 Å². The molecule has 0 fully saturated rings. The van der Waals surface area contributed by atoms with Gasteiger partial charge in [0.25, 0.3) is 0 Å². The number of anilines is 1. The Morgan fingerprint density at radius 3 is 2.55 bits per heavy atom. The number of amides is 1. The Kier molecular flexibility index (Phi) is 5.81. The number of alkyl carbamates (subject to hydrolysis) is 1. The molecule has 0 aliphatic rings. The molecular weight excluding hydrogens is 284 g/mol. The molecule has 0 aromatic heterocycles. The summed E-state index contributed by atoms with van der Waals surface area (Å²) in [6, 6.07) is 4.70. The van der Waals surface area contributed by atoms with E-state index in [1.807, 2.05) is 0 Å². The van der Waals surface area contributed by atoms with Crippen LogP contribution in [0, 0.1) is 11.8 Å². The van der Waals surface area contributed by atoms with Gasteiger partial charge in [-0.1, -0.05) is 11.8 Å². The third-order valence-corrected chi connectivity index (χ3v) is 2.42. The van der Waals surface area contributed by atoms with Crippen molar-refractivity contribution in [2.45, 2.75) is 26.4 Å². The third kappa shape index (κ3) is 5.75. The number of ether oxygens (including phenoxy) is 2. The molecule has 6 nitrogen and oxygen atoms in total. The van der Waals surface area contributed by atoms with E-state index in [0.717, 1.165) is 0 Å². The minimum atomic E-state index is -0.550. The molecule has 0 aliphatic heterocycles. The number of hydrogen-bond donors (Lipinski definition) is 2. The van der Waals surface area contributed by atoms with E-state index in [9.17, 15) is 9.59 Å². The first kappa shape index (κ1) is 17.4. The molecule has 1 aromatic rings. The second-order valence-corrected chi connectivity index (χ2v) is 5.45. The third-order valence-electron chi connectivity index (χ3n) is 2.42. The van der Waals surface area contributed by atoms with Crippen LogP contribution in [-0.4, -0.2) is 31.3 Å². The second-order valence-electron chi connectivity index (χ2n) is 5.45. The van der Waals surface area contributed by atoms with Crippen molar-refractivity contribution in [1.82, 2.24) is 5.32 Å². The predicted octanol–water partition coefficient (Wildman–Crippen LogP) is 1.93. The van der Waals surface area contributed by atoms with Crippen molar-refractivity contribution in [3.63, 3.8) is 0 Å². The number of carbonyl (C=O) groups excluding carboxylic acids is 2. The Hall–Kier alpha value is -2.68. The highest BCUT2D eigenvalue weighted by Crippen LogP contribution is 2.13. The molecule has 1 amide bonds. The topological polar surface area (TPSA) is 90.6 Å². The fourth-order valence-electron chi connectivity index (χ4n) is 1.49. The standard InChI is InChI=1S/C16H20N2O4/c1-16(2,3)22-15(20)18-9-5-6-11-7-8-12(10-13(11)17)14(19)21-4/h7-8,10H,9,17H2,1-4H3,(H,18,20). The van der Waals surface area contributed by atoms with Gasteiger partial charge in [0.05, 0.1) is 19.2 Å². The summed E-state index contributed by atoms with van der Waals surface area (Å²) >= 11 is 0. The number of methoxy groups -OCH3 is 1. The van der Waals surface area contributed by atoms with Crippen molar-refractivity contribution in [2.24, 2.45) is 0 Å². The molecule has 118 valence electrons. The molecule has 0 atom stereocenters. The average Bonchev–Trinajstić information content (AvgIpc) is 2.42. The SMILES string of the molecule is COC(=O)c1ccc(C#CCNC(=O)OC(C)(C)C)c(N)c1. The van der Waals surface area contributed by atoms with Crippen LogP contribution in [-0.2, 0) is 9.47 Å². The Bertz CT molecular complexity index is 621. The minimum Gasteiger partial charge on any atom is -0.465 e. The van der Waals surface area contributed by atoms with Crippen LogP contribution in [0.15, 0.2) is 18.2 Å². The molecule has 0 saturated carbocycles. The van der Waals surface area contributed by atoms with Crippen LogP contribution in [0.2, 0.25) is 0 Å². The average molecular weight is 304 g/mol. The molecule has 6 heteroatoms. The van der Waals surface area contributed by atoms with Gasteiger partial charge >= 0.3 is 12.1 Å². The van der Waals surface area contributed by atoms with Crippen LogP contribution in [0.4, 0.5) is 10.5 Å². The zero-order chi connectivity index (χ0) is 16.8. The number of carbonyl (C=O) groups is 2. The van der Waals surface area contributed by atoms with Crippen LogP contribution in [0.5, 0.6) is 0 Å². The van der Waals surface area contributed by atoms with Crippen molar-refractivity contribution in [3.8, 4) is 11.8 Å². The molecule has 0 saturated heterocycles. The van der Waals surface area contributed by atoms with Gasteiger partial charge in [-0.15, -0.1) is 0 Å². The van der Waals surface area contributed by atoms with E-state index in [2.05, 4.69) is 21.9 Å². The number of rotatable bonds is 2. The van der Waals surface area contributed by atoms with Crippen LogP contribution in [0.3, 0.4) is 0 Å². The predicted molar refractivity (Wildman–Crippen MR) is 83.3 cm³/mol. The molecule has 0 heterocycles. The Balaban J connectivity index is 2.62. The van der Waals surface area contributed by atoms with Crippen molar-refractivity contribution >= 4 is 17.7 Å². The lowest BCUT2D eigenvalue weighted by molar-refractivity contribution is 0.0533. The lowest BCUT2D eigenvalue weighted by Gasteiger charge is -2.19. The molecular formula is C16H20N2O4. The first-order valence-corrected chi connectivity index (χ1v) is 6.66. The number of nitrogens with one attached hydrogen (secondary N) is 1. The normalized spacial score (nSPS) is 10.2. The summed E-state index contributed by atoms with van der Waals surface area (Å²) in [5.41, 5.74) is 6.56. The van der Waals surface area contributed by atoms with Crippen LogP contribution >= 0.6 is 0 Å². The van der Waals surface area contributed by atoms with Gasteiger partial charge in [0.15, 0.2) is 0 Å². The van der Waals surface area contributed by atoms with Crippen molar-refractivity contribution < 1.29 is 19.1 Å². The number of nitrogen functional groups attached to an aromatic ring is 1. The highest BCUT2D eigenvalue weighted by molar-refractivity contribution is 5.90. The second kappa shape index (κ2) is 7.36. The summed E-state index contributed by atoms with van der Waals surface area (Å²) in [6.07, 6.45) is -0.532. The fourth-order valence-corrected chi connectivity index (χ4v) is 1.49. The number of nitrogens with two attached hydrogens (primary N) is 1. The van der Waals surface area contributed by atoms with E-state index in [1.54, 1.807) is 32.9 Å². The summed E-state index contributed by atoms with van der Waals surface area (Å²) in [5, 5.41) is 2.52. The van der Waals surface area contributed by atoms with E-state index < -0.39 is 17.7 Å². The maximum Gasteiger partial charge on any atom is 0.408 e. The van der Waals surface area contributed by atoms with E-state index in [1.165, 1.54) is 13.2 Å². The van der Waals surface area contributed by atoms with Gasteiger partial charge in [-0.2, -0.15) is 0 Å². The summed E-state index contributed by atoms with van der Waals surface area (Å²) < 4.78 is 9.68. The molecule has 22 heavy (non-hydrogen) atoms. The first-order chi connectivity index (χ1) is 10.2. The molecule has 0 spiro atoms. The van der Waals surface area contributed by atoms with Crippen LogP contribution in [0.25, 0.3) is 0 Å². The van der Waals surface area contributed by atoms with E-state index >= 15 is 0 Å². The Labute approximate surface area is 130 Å². The van der Waals surface area contributed by atoms with E-state index in [-0.39, 0.29) is 6.54 Å². The summed E-state index contributed by atoms with van der Waals surface area (Å²) in [5.74, 6) is 5.12. The van der Waals surface area contributed by atoms with Gasteiger partial charge in [0.2, 0.25) is 0 Å². The maximum atomic E-state index is 11.4. The van der Waals surface area contributed by atoms with Gasteiger partial charge in [0, 0.05) is 11.3 Å². The summed E-state index contributed by atoms with van der Waals surface area (Å²) in [4.78, 5) is 22.8. The summed E-state index contributed by atoms with van der Waals surface area (Å²) in [7, 11) is 1.30. The molecule has 0 unspecified atom stereocenters. The Morgan fingerprint density at radius 1 is 1.32 bits per heavy atom. The first-order valence-electron chi connectivity index (χ1n) is 6.66. The monoisotopic (exact) mass is 304 g/mol. The smallest absolute Gasteiger partial charge is 0.408 e. The van der Waals surface area contributed by atoms with Crippen molar-refractivity contribution in [2.75, 3.05) is 19.4 Å². The zero-order valence-corrected chi connectivity index (χ0v) is 13.1. The van der Waals surface area contributed by atoms with Crippen LogP contribution in [0.1, 0.15) is 36.7 Å². The lowest BCUT2D eigenvalue weighted by Crippen LogP contribution is -2.32. The minimum absolute atomic E-state index is 0.132. The lowest BCUT2D eigenvalue weighted by atomic mass is 10.1. The van der Waals surface area contributed by atoms with Crippen LogP contribution < -0.4 is 11.1 Å². The zero-order valence-electron chi connectivity index (χ0n) is 13.1. The van der Waals surface area contributed by atoms with Crippen molar-refractivity contribution in [1.29, 1.82) is 0 Å². The molecule has 0 bridgehead atoms. The van der Waals surface area contributed by atoms with Gasteiger partial charge < -0.3 is 20.5 Å². The van der Waals surface area contributed by atoms with Gasteiger partial charge in [-0.25, -0.2) is 9.59 Å². The number of benzene rings is 1. The quantitative estimate of drug-likeness (QED) is 0.495. The molecule has 3 N–H and O–H groups in total. The highest BCUT2D eigenvalue weighted by atomic mass is 16.6. The summed E-state index contributed by atoms with van der Waals surface area (Å²) in [6.45, 7) is 5.47. The number of esters is 1.